The first-order valence-corrected chi connectivity index (χ1v) is 6.17. The molecular formula is C14H11N5O. The van der Waals surface area contributed by atoms with Gasteiger partial charge in [0.25, 0.3) is 0 Å². The molecule has 0 aliphatic heterocycles. The minimum Gasteiger partial charge on any atom is -0.453 e. The highest BCUT2D eigenvalue weighted by Crippen LogP contribution is 2.28. The lowest BCUT2D eigenvalue weighted by Crippen LogP contribution is -1.91. The van der Waals surface area contributed by atoms with Crippen molar-refractivity contribution in [3.05, 3.63) is 36.2 Å². The summed E-state index contributed by atoms with van der Waals surface area (Å²) in [6.45, 7) is 2.05. The van der Waals surface area contributed by atoms with Gasteiger partial charge < -0.3 is 15.1 Å². The number of aryl methyl sites for hydroxylation is 1. The topological polar surface area (TPSA) is 93.6 Å². The van der Waals surface area contributed by atoms with Crippen molar-refractivity contribution in [3.63, 3.8) is 0 Å². The second-order valence-electron chi connectivity index (χ2n) is 4.69. The predicted molar refractivity (Wildman–Crippen MR) is 76.0 cm³/mol. The molecule has 0 atom stereocenters. The Morgan fingerprint density at radius 2 is 2.10 bits per heavy atom. The van der Waals surface area contributed by atoms with E-state index >= 15 is 0 Å². The molecule has 3 heterocycles. The Hall–Kier alpha value is -2.89. The first-order valence-electron chi connectivity index (χ1n) is 6.17. The molecule has 1 aromatic carbocycles. The molecule has 0 aliphatic carbocycles. The van der Waals surface area contributed by atoms with Crippen LogP contribution in [-0.4, -0.2) is 19.9 Å². The number of hydrogen-bond acceptors (Lipinski definition) is 5. The molecule has 0 fully saturated rings. The number of H-pyrrole nitrogens is 1. The standard InChI is InChI=1S/C14H11N5O/c1-7-2-3-9-8(4-7)5-10(20-9)13-18-11-12(15)16-6-17-14(11)19-13/h2-6H,1H3,(H3,15,16,17,18,19). The van der Waals surface area contributed by atoms with E-state index in [-0.39, 0.29) is 0 Å². The van der Waals surface area contributed by atoms with Gasteiger partial charge in [-0.1, -0.05) is 11.6 Å². The summed E-state index contributed by atoms with van der Waals surface area (Å²) < 4.78 is 5.80. The van der Waals surface area contributed by atoms with Crippen LogP contribution in [0.15, 0.2) is 35.0 Å². The third kappa shape index (κ3) is 1.55. The maximum absolute atomic E-state index is 5.80. The maximum Gasteiger partial charge on any atom is 0.183 e. The van der Waals surface area contributed by atoms with Gasteiger partial charge in [0.05, 0.1) is 0 Å². The van der Waals surface area contributed by atoms with E-state index < -0.39 is 0 Å². The molecule has 98 valence electrons. The van der Waals surface area contributed by atoms with Crippen LogP contribution in [0.4, 0.5) is 5.82 Å². The van der Waals surface area contributed by atoms with Gasteiger partial charge in [0.2, 0.25) is 0 Å². The van der Waals surface area contributed by atoms with Gasteiger partial charge in [0, 0.05) is 5.39 Å². The summed E-state index contributed by atoms with van der Waals surface area (Å²) in [6.07, 6.45) is 1.39. The molecule has 0 aliphatic rings. The van der Waals surface area contributed by atoms with Gasteiger partial charge in [-0.2, -0.15) is 0 Å². The molecule has 0 unspecified atom stereocenters. The summed E-state index contributed by atoms with van der Waals surface area (Å²) in [5, 5.41) is 1.04. The van der Waals surface area contributed by atoms with E-state index in [0.717, 1.165) is 11.0 Å². The number of rotatable bonds is 1. The average Bonchev–Trinajstić information content (AvgIpc) is 3.01. The third-order valence-corrected chi connectivity index (χ3v) is 3.22. The van der Waals surface area contributed by atoms with Gasteiger partial charge in [-0.05, 0) is 25.1 Å². The van der Waals surface area contributed by atoms with Gasteiger partial charge in [0.15, 0.2) is 23.0 Å². The smallest absolute Gasteiger partial charge is 0.183 e. The number of nitrogens with zero attached hydrogens (tertiary/aromatic N) is 3. The minimum absolute atomic E-state index is 0.376. The lowest BCUT2D eigenvalue weighted by Gasteiger charge is -1.90. The Morgan fingerprint density at radius 1 is 1.20 bits per heavy atom. The van der Waals surface area contributed by atoms with Crippen LogP contribution >= 0.6 is 0 Å². The van der Waals surface area contributed by atoms with Crippen LogP contribution in [0.25, 0.3) is 33.7 Å². The number of benzene rings is 1. The number of nitrogens with one attached hydrogen (secondary N) is 1. The summed E-state index contributed by atoms with van der Waals surface area (Å²) >= 11 is 0. The van der Waals surface area contributed by atoms with Crippen LogP contribution in [0.5, 0.6) is 0 Å². The van der Waals surface area contributed by atoms with Crippen molar-refractivity contribution in [3.8, 4) is 11.6 Å². The molecule has 4 aromatic rings. The minimum atomic E-state index is 0.376. The van der Waals surface area contributed by atoms with Crippen molar-refractivity contribution in [2.45, 2.75) is 6.92 Å². The largest absolute Gasteiger partial charge is 0.453 e. The van der Waals surface area contributed by atoms with Gasteiger partial charge in [-0.15, -0.1) is 0 Å². The second kappa shape index (κ2) is 3.80. The third-order valence-electron chi connectivity index (χ3n) is 3.22. The molecular weight excluding hydrogens is 254 g/mol. The van der Waals surface area contributed by atoms with Crippen molar-refractivity contribution >= 4 is 28.0 Å². The fourth-order valence-electron chi connectivity index (χ4n) is 2.24. The number of aromatic nitrogens is 4. The summed E-state index contributed by atoms with van der Waals surface area (Å²) in [7, 11) is 0. The molecule has 20 heavy (non-hydrogen) atoms. The molecule has 4 rings (SSSR count). The van der Waals surface area contributed by atoms with Crippen LogP contribution in [0.3, 0.4) is 0 Å². The van der Waals surface area contributed by atoms with Crippen molar-refractivity contribution in [1.29, 1.82) is 0 Å². The van der Waals surface area contributed by atoms with E-state index in [9.17, 15) is 0 Å². The lowest BCUT2D eigenvalue weighted by molar-refractivity contribution is 0.626. The van der Waals surface area contributed by atoms with E-state index in [2.05, 4.69) is 26.0 Å². The number of nitrogens with two attached hydrogens (primary N) is 1. The monoisotopic (exact) mass is 265 g/mol. The molecule has 0 radical (unpaired) electrons. The SMILES string of the molecule is Cc1ccc2oc(-c3nc4ncnc(N)c4[nH]3)cc2c1. The highest BCUT2D eigenvalue weighted by atomic mass is 16.3. The van der Waals surface area contributed by atoms with Crippen molar-refractivity contribution < 1.29 is 4.42 Å². The van der Waals surface area contributed by atoms with Crippen molar-refractivity contribution in [1.82, 2.24) is 19.9 Å². The summed E-state index contributed by atoms with van der Waals surface area (Å²) in [4.78, 5) is 15.5. The number of furan rings is 1. The van der Waals surface area contributed by atoms with Crippen LogP contribution in [0.2, 0.25) is 0 Å². The molecule has 3 aromatic heterocycles. The molecule has 0 saturated carbocycles. The summed E-state index contributed by atoms with van der Waals surface area (Å²) in [5.41, 5.74) is 8.95. The quantitative estimate of drug-likeness (QED) is 0.551. The number of imidazole rings is 1. The average molecular weight is 265 g/mol. The van der Waals surface area contributed by atoms with Crippen LogP contribution in [0.1, 0.15) is 5.56 Å². The lowest BCUT2D eigenvalue weighted by atomic mass is 10.2. The summed E-state index contributed by atoms with van der Waals surface area (Å²) in [5.74, 6) is 1.63. The molecule has 0 amide bonds. The number of nitrogen functional groups attached to an aromatic ring is 1. The Kier molecular flexibility index (Phi) is 2.09. The number of anilines is 1. The molecule has 0 bridgehead atoms. The van der Waals surface area contributed by atoms with Crippen LogP contribution in [-0.2, 0) is 0 Å². The Morgan fingerprint density at radius 3 is 2.95 bits per heavy atom. The van der Waals surface area contributed by atoms with Crippen molar-refractivity contribution in [2.24, 2.45) is 0 Å². The van der Waals surface area contributed by atoms with Gasteiger partial charge in [-0.3, -0.25) is 0 Å². The van der Waals surface area contributed by atoms with Gasteiger partial charge >= 0.3 is 0 Å². The zero-order valence-corrected chi connectivity index (χ0v) is 10.7. The number of hydrogen-bond donors (Lipinski definition) is 2. The molecule has 3 N–H and O–H groups in total. The maximum atomic E-state index is 5.80. The highest BCUT2D eigenvalue weighted by Gasteiger charge is 2.13. The van der Waals surface area contributed by atoms with E-state index in [1.54, 1.807) is 0 Å². The Labute approximate surface area is 113 Å². The normalized spacial score (nSPS) is 11.4. The van der Waals surface area contributed by atoms with E-state index in [1.807, 2.05) is 25.1 Å². The number of aromatic amines is 1. The molecule has 0 saturated heterocycles. The summed E-state index contributed by atoms with van der Waals surface area (Å²) in [6, 6.07) is 7.98. The van der Waals surface area contributed by atoms with E-state index in [4.69, 9.17) is 10.2 Å². The first kappa shape index (κ1) is 11.0. The number of fused-ring (bicyclic) bond motifs is 2. The van der Waals surface area contributed by atoms with Crippen LogP contribution in [0, 0.1) is 6.92 Å². The van der Waals surface area contributed by atoms with Crippen molar-refractivity contribution in [2.75, 3.05) is 5.73 Å². The predicted octanol–water partition coefficient (Wildman–Crippen LogP) is 2.66. The fraction of sp³-hybridized carbons (Fsp3) is 0.0714. The highest BCUT2D eigenvalue weighted by molar-refractivity contribution is 5.86. The molecule has 0 spiro atoms. The second-order valence-corrected chi connectivity index (χ2v) is 4.69. The van der Waals surface area contributed by atoms with Crippen LogP contribution < -0.4 is 5.73 Å². The molecule has 6 heteroatoms. The Balaban J connectivity index is 1.94. The van der Waals surface area contributed by atoms with Gasteiger partial charge in [-0.25, -0.2) is 15.0 Å². The molecule has 6 nitrogen and oxygen atoms in total. The first-order chi connectivity index (χ1) is 9.70. The van der Waals surface area contributed by atoms with Gasteiger partial charge in [0.1, 0.15) is 17.4 Å². The van der Waals surface area contributed by atoms with E-state index in [1.165, 1.54) is 11.9 Å². The van der Waals surface area contributed by atoms with E-state index in [0.29, 0.717) is 28.6 Å². The Bertz CT molecular complexity index is 937. The zero-order chi connectivity index (χ0) is 13.7. The fourth-order valence-corrected chi connectivity index (χ4v) is 2.24. The zero-order valence-electron chi connectivity index (χ0n) is 10.7.